The van der Waals surface area contributed by atoms with Gasteiger partial charge in [-0.15, -0.1) is 0 Å². The molecular weight excluding hydrogens is 160 g/mol. The third-order valence-corrected chi connectivity index (χ3v) is 2.05. The maximum atomic E-state index is 11.0. The molecule has 2 N–H and O–H groups in total. The molecule has 12 heavy (non-hydrogen) atoms. The van der Waals surface area contributed by atoms with Crippen LogP contribution in [-0.2, 0) is 9.53 Å². The number of primary amides is 1. The molecule has 5 heteroatoms. The Kier molecular flexibility index (Phi) is 1.33. The zero-order chi connectivity index (χ0) is 8.72. The summed E-state index contributed by atoms with van der Waals surface area (Å²) in [6, 6.07) is 0.201. The Bertz CT molecular complexity index is 284. The summed E-state index contributed by atoms with van der Waals surface area (Å²) in [5.41, 5.74) is 4.81. The molecule has 5 nitrogen and oxygen atoms in total. The molecule has 1 atom stereocenters. The number of amides is 2. The first-order chi connectivity index (χ1) is 5.68. The van der Waals surface area contributed by atoms with Crippen LogP contribution in [0.3, 0.4) is 0 Å². The van der Waals surface area contributed by atoms with Gasteiger partial charge in [0.05, 0.1) is 6.04 Å². The number of hydrogen-bond acceptors (Lipinski definition) is 3. The van der Waals surface area contributed by atoms with Crippen LogP contribution < -0.4 is 5.73 Å². The number of hydrogen-bond donors (Lipinski definition) is 1. The van der Waals surface area contributed by atoms with Crippen LogP contribution in [0.4, 0.5) is 4.79 Å². The Morgan fingerprint density at radius 1 is 1.75 bits per heavy atom. The second-order valence-electron chi connectivity index (χ2n) is 2.82. The Labute approximate surface area is 68.8 Å². The van der Waals surface area contributed by atoms with Gasteiger partial charge in [0.2, 0.25) is 11.8 Å². The standard InChI is InChI=1S/C7H8N2O3/c8-7(11)12-6-2-1-4-3-5(10)9(4)6/h2,4H,1,3H2,(H2,8,11)/t4-/m1/s1. The monoisotopic (exact) mass is 168 g/mol. The van der Waals surface area contributed by atoms with Crippen molar-refractivity contribution in [3.63, 3.8) is 0 Å². The van der Waals surface area contributed by atoms with Gasteiger partial charge < -0.3 is 10.5 Å². The molecule has 0 aliphatic carbocycles. The van der Waals surface area contributed by atoms with Gasteiger partial charge in [0, 0.05) is 6.42 Å². The van der Waals surface area contributed by atoms with Crippen LogP contribution in [0.5, 0.6) is 0 Å². The number of carbonyl (C=O) groups is 2. The summed E-state index contributed by atoms with van der Waals surface area (Å²) >= 11 is 0. The largest absolute Gasteiger partial charge is 0.411 e. The number of nitrogens with two attached hydrogens (primary N) is 1. The molecule has 1 saturated heterocycles. The number of ether oxygens (including phenoxy) is 1. The molecule has 1 fully saturated rings. The van der Waals surface area contributed by atoms with Crippen molar-refractivity contribution >= 4 is 12.0 Å². The van der Waals surface area contributed by atoms with E-state index in [0.29, 0.717) is 12.3 Å². The molecule has 0 bridgehead atoms. The molecule has 2 amide bonds. The molecule has 2 rings (SSSR count). The van der Waals surface area contributed by atoms with Crippen LogP contribution in [0.1, 0.15) is 12.8 Å². The van der Waals surface area contributed by atoms with Gasteiger partial charge in [0.15, 0.2) is 0 Å². The predicted molar refractivity (Wildman–Crippen MR) is 38.6 cm³/mol. The molecule has 0 spiro atoms. The summed E-state index contributed by atoms with van der Waals surface area (Å²) in [7, 11) is 0. The number of β-lactam (4-membered cyclic amide) rings is 1. The average molecular weight is 168 g/mol. The van der Waals surface area contributed by atoms with Crippen LogP contribution in [0.2, 0.25) is 0 Å². The van der Waals surface area contributed by atoms with Crippen molar-refractivity contribution in [1.29, 1.82) is 0 Å². The third-order valence-electron chi connectivity index (χ3n) is 2.05. The molecule has 2 heterocycles. The average Bonchev–Trinajstić information content (AvgIpc) is 2.24. The van der Waals surface area contributed by atoms with Crippen molar-refractivity contribution in [2.75, 3.05) is 0 Å². The molecule has 64 valence electrons. The molecule has 0 saturated carbocycles. The molecule has 0 radical (unpaired) electrons. The lowest BCUT2D eigenvalue weighted by Crippen LogP contribution is -2.49. The van der Waals surface area contributed by atoms with Crippen molar-refractivity contribution in [3.05, 3.63) is 12.0 Å². The van der Waals surface area contributed by atoms with E-state index < -0.39 is 6.09 Å². The SMILES string of the molecule is NC(=O)OC1=CC[C@@H]2CC(=O)N12. The highest BCUT2D eigenvalue weighted by molar-refractivity contribution is 5.86. The fraction of sp³-hybridized carbons (Fsp3) is 0.429. The predicted octanol–water partition coefficient (Wildman–Crippen LogP) is -0.0723. The summed E-state index contributed by atoms with van der Waals surface area (Å²) in [5.74, 6) is 0.286. The maximum Gasteiger partial charge on any atom is 0.411 e. The Morgan fingerprint density at radius 2 is 2.50 bits per heavy atom. The van der Waals surface area contributed by atoms with E-state index >= 15 is 0 Å². The second-order valence-corrected chi connectivity index (χ2v) is 2.82. The quantitative estimate of drug-likeness (QED) is 0.557. The van der Waals surface area contributed by atoms with Crippen molar-refractivity contribution in [2.45, 2.75) is 18.9 Å². The van der Waals surface area contributed by atoms with E-state index in [4.69, 9.17) is 5.73 Å². The summed E-state index contributed by atoms with van der Waals surface area (Å²) in [6.07, 6.45) is 2.14. The highest BCUT2D eigenvalue weighted by Gasteiger charge is 2.43. The van der Waals surface area contributed by atoms with E-state index in [-0.39, 0.29) is 11.9 Å². The van der Waals surface area contributed by atoms with Crippen LogP contribution in [0.25, 0.3) is 0 Å². The van der Waals surface area contributed by atoms with Gasteiger partial charge in [-0.05, 0) is 12.5 Å². The normalized spacial score (nSPS) is 26.0. The van der Waals surface area contributed by atoms with E-state index in [1.807, 2.05) is 0 Å². The topological polar surface area (TPSA) is 72.6 Å². The van der Waals surface area contributed by atoms with Gasteiger partial charge in [-0.2, -0.15) is 0 Å². The van der Waals surface area contributed by atoms with E-state index in [1.54, 1.807) is 6.08 Å². The van der Waals surface area contributed by atoms with Crippen LogP contribution in [0, 0.1) is 0 Å². The van der Waals surface area contributed by atoms with E-state index in [9.17, 15) is 9.59 Å². The number of nitrogens with zero attached hydrogens (tertiary/aromatic N) is 1. The fourth-order valence-corrected chi connectivity index (χ4v) is 1.50. The van der Waals surface area contributed by atoms with E-state index in [1.165, 1.54) is 4.90 Å². The minimum atomic E-state index is -0.874. The molecular formula is C7H8N2O3. The smallest absolute Gasteiger partial charge is 0.394 e. The van der Waals surface area contributed by atoms with Gasteiger partial charge in [-0.3, -0.25) is 9.69 Å². The van der Waals surface area contributed by atoms with Crippen LogP contribution >= 0.6 is 0 Å². The Morgan fingerprint density at radius 3 is 3.08 bits per heavy atom. The third kappa shape index (κ3) is 0.861. The molecule has 2 aliphatic heterocycles. The molecule has 0 unspecified atom stereocenters. The van der Waals surface area contributed by atoms with Crippen LogP contribution in [-0.4, -0.2) is 22.9 Å². The van der Waals surface area contributed by atoms with Crippen molar-refractivity contribution in [3.8, 4) is 0 Å². The highest BCUT2D eigenvalue weighted by Crippen LogP contribution is 2.33. The van der Waals surface area contributed by atoms with Crippen molar-refractivity contribution < 1.29 is 14.3 Å². The van der Waals surface area contributed by atoms with Gasteiger partial charge in [-0.1, -0.05) is 0 Å². The van der Waals surface area contributed by atoms with E-state index in [0.717, 1.165) is 6.42 Å². The summed E-state index contributed by atoms with van der Waals surface area (Å²) in [4.78, 5) is 22.8. The van der Waals surface area contributed by atoms with Crippen molar-refractivity contribution in [2.24, 2.45) is 5.73 Å². The summed E-state index contributed by atoms with van der Waals surface area (Å²) < 4.78 is 4.62. The Hall–Kier alpha value is -1.52. The lowest BCUT2D eigenvalue weighted by Gasteiger charge is -2.35. The van der Waals surface area contributed by atoms with Gasteiger partial charge >= 0.3 is 6.09 Å². The number of fused-ring (bicyclic) bond motifs is 1. The maximum absolute atomic E-state index is 11.0. The molecule has 0 aromatic heterocycles. The summed E-state index contributed by atoms with van der Waals surface area (Å²) in [6.45, 7) is 0. The van der Waals surface area contributed by atoms with E-state index in [2.05, 4.69) is 4.74 Å². The second kappa shape index (κ2) is 2.23. The Balaban J connectivity index is 2.07. The van der Waals surface area contributed by atoms with Crippen molar-refractivity contribution in [1.82, 2.24) is 4.90 Å². The highest BCUT2D eigenvalue weighted by atomic mass is 16.6. The first-order valence-corrected chi connectivity index (χ1v) is 3.68. The zero-order valence-electron chi connectivity index (χ0n) is 6.32. The lowest BCUT2D eigenvalue weighted by atomic mass is 10.0. The zero-order valence-corrected chi connectivity index (χ0v) is 6.32. The van der Waals surface area contributed by atoms with Crippen LogP contribution in [0.15, 0.2) is 12.0 Å². The van der Waals surface area contributed by atoms with Gasteiger partial charge in [0.1, 0.15) is 0 Å². The van der Waals surface area contributed by atoms with Gasteiger partial charge in [0.25, 0.3) is 0 Å². The molecule has 0 aromatic carbocycles. The number of rotatable bonds is 1. The summed E-state index contributed by atoms with van der Waals surface area (Å²) in [5, 5.41) is 0. The minimum absolute atomic E-state index is 0.00926. The first kappa shape index (κ1) is 7.15. The number of carbonyl (C=O) groups excluding carboxylic acids is 2. The lowest BCUT2D eigenvalue weighted by molar-refractivity contribution is -0.143. The molecule has 2 aliphatic rings. The fourth-order valence-electron chi connectivity index (χ4n) is 1.50. The minimum Gasteiger partial charge on any atom is -0.394 e. The first-order valence-electron chi connectivity index (χ1n) is 3.68. The molecule has 0 aromatic rings. The van der Waals surface area contributed by atoms with Gasteiger partial charge in [-0.25, -0.2) is 4.79 Å².